The van der Waals surface area contributed by atoms with Crippen LogP contribution in [0.25, 0.3) is 0 Å². The first kappa shape index (κ1) is 15.0. The van der Waals surface area contributed by atoms with Gasteiger partial charge in [-0.05, 0) is 43.1 Å². The average molecular weight is 241 g/mol. The molecule has 0 aromatic carbocycles. The van der Waals surface area contributed by atoms with E-state index < -0.39 is 5.60 Å². The fraction of sp³-hybridized carbons (Fsp3) is 1.00. The number of hydrogen-bond acceptors (Lipinski definition) is 2. The van der Waals surface area contributed by atoms with Crippen LogP contribution in [-0.4, -0.2) is 23.8 Å². The predicted octanol–water partition coefficient (Wildman–Crippen LogP) is 3.06. The van der Waals surface area contributed by atoms with Gasteiger partial charge in [-0.3, -0.25) is 0 Å². The molecular formula is C15H31NO. The van der Waals surface area contributed by atoms with Crippen LogP contribution in [0.2, 0.25) is 0 Å². The molecule has 0 radical (unpaired) electrons. The van der Waals surface area contributed by atoms with Gasteiger partial charge in [0, 0.05) is 6.54 Å². The minimum Gasteiger partial charge on any atom is -0.388 e. The fourth-order valence-electron chi connectivity index (χ4n) is 3.32. The third-order valence-corrected chi connectivity index (χ3v) is 4.15. The minimum atomic E-state index is -0.485. The Balaban J connectivity index is 2.58. The Hall–Kier alpha value is -0.0800. The van der Waals surface area contributed by atoms with Crippen molar-refractivity contribution >= 4 is 0 Å². The summed E-state index contributed by atoms with van der Waals surface area (Å²) < 4.78 is 0. The van der Waals surface area contributed by atoms with Gasteiger partial charge in [0.2, 0.25) is 0 Å². The van der Waals surface area contributed by atoms with E-state index in [4.69, 9.17) is 0 Å². The standard InChI is InChI=1S/C15H31NO/c1-11(2)9-16-10-15(17)8-13(5)6-7-14(15)12(3)4/h11-14,16-17H,6-10H2,1-5H3. The van der Waals surface area contributed by atoms with Crippen molar-refractivity contribution in [2.45, 2.75) is 59.5 Å². The summed E-state index contributed by atoms with van der Waals surface area (Å²) >= 11 is 0. The van der Waals surface area contributed by atoms with Crippen LogP contribution >= 0.6 is 0 Å². The lowest BCUT2D eigenvalue weighted by Crippen LogP contribution is -2.52. The Morgan fingerprint density at radius 3 is 2.41 bits per heavy atom. The van der Waals surface area contributed by atoms with E-state index in [2.05, 4.69) is 39.9 Å². The molecule has 0 saturated heterocycles. The number of hydrogen-bond donors (Lipinski definition) is 2. The molecule has 1 fully saturated rings. The lowest BCUT2D eigenvalue weighted by atomic mass is 9.67. The highest BCUT2D eigenvalue weighted by molar-refractivity contribution is 4.95. The second-order valence-electron chi connectivity index (χ2n) is 6.87. The monoisotopic (exact) mass is 241 g/mol. The zero-order valence-corrected chi connectivity index (χ0v) is 12.3. The highest BCUT2D eigenvalue weighted by atomic mass is 16.3. The van der Waals surface area contributed by atoms with Crippen molar-refractivity contribution in [1.82, 2.24) is 5.32 Å². The zero-order valence-electron chi connectivity index (χ0n) is 12.3. The van der Waals surface area contributed by atoms with Gasteiger partial charge in [0.05, 0.1) is 5.60 Å². The van der Waals surface area contributed by atoms with Crippen molar-refractivity contribution in [2.75, 3.05) is 13.1 Å². The van der Waals surface area contributed by atoms with Gasteiger partial charge in [-0.1, -0.05) is 41.0 Å². The molecule has 1 rings (SSSR count). The molecule has 0 amide bonds. The maximum atomic E-state index is 10.9. The van der Waals surface area contributed by atoms with E-state index in [1.165, 1.54) is 12.8 Å². The van der Waals surface area contributed by atoms with Gasteiger partial charge >= 0.3 is 0 Å². The summed E-state index contributed by atoms with van der Waals surface area (Å²) in [4.78, 5) is 0. The fourth-order valence-corrected chi connectivity index (χ4v) is 3.32. The van der Waals surface area contributed by atoms with E-state index in [1.54, 1.807) is 0 Å². The lowest BCUT2D eigenvalue weighted by molar-refractivity contribution is -0.0781. The van der Waals surface area contributed by atoms with Crippen LogP contribution in [0.1, 0.15) is 53.9 Å². The van der Waals surface area contributed by atoms with Crippen molar-refractivity contribution in [3.05, 3.63) is 0 Å². The van der Waals surface area contributed by atoms with Gasteiger partial charge in [-0.25, -0.2) is 0 Å². The Bertz CT molecular complexity index is 227. The SMILES string of the molecule is CC(C)CNCC1(O)CC(C)CCC1C(C)C. The van der Waals surface area contributed by atoms with Crippen LogP contribution in [0, 0.1) is 23.7 Å². The molecule has 0 aromatic heterocycles. The summed E-state index contributed by atoms with van der Waals surface area (Å²) in [6.45, 7) is 12.9. The quantitative estimate of drug-likeness (QED) is 0.775. The highest BCUT2D eigenvalue weighted by Gasteiger charge is 2.42. The Labute approximate surface area is 107 Å². The van der Waals surface area contributed by atoms with E-state index in [1.807, 2.05) is 0 Å². The summed E-state index contributed by atoms with van der Waals surface area (Å²) in [5.41, 5.74) is -0.485. The van der Waals surface area contributed by atoms with Crippen LogP contribution < -0.4 is 5.32 Å². The summed E-state index contributed by atoms with van der Waals surface area (Å²) in [6.07, 6.45) is 3.41. The van der Waals surface area contributed by atoms with E-state index in [9.17, 15) is 5.11 Å². The molecular weight excluding hydrogens is 210 g/mol. The lowest BCUT2D eigenvalue weighted by Gasteiger charge is -2.45. The first-order valence-corrected chi connectivity index (χ1v) is 7.28. The van der Waals surface area contributed by atoms with E-state index in [0.29, 0.717) is 23.7 Å². The Morgan fingerprint density at radius 1 is 1.24 bits per heavy atom. The van der Waals surface area contributed by atoms with Crippen LogP contribution in [0.15, 0.2) is 0 Å². The maximum Gasteiger partial charge on any atom is 0.0804 e. The van der Waals surface area contributed by atoms with Gasteiger partial charge < -0.3 is 10.4 Å². The molecule has 0 aliphatic heterocycles. The van der Waals surface area contributed by atoms with Gasteiger partial charge in [0.15, 0.2) is 0 Å². The van der Waals surface area contributed by atoms with Crippen LogP contribution in [0.3, 0.4) is 0 Å². The van der Waals surface area contributed by atoms with Crippen LogP contribution in [-0.2, 0) is 0 Å². The first-order valence-electron chi connectivity index (χ1n) is 7.28. The third-order valence-electron chi connectivity index (χ3n) is 4.15. The Morgan fingerprint density at radius 2 is 1.88 bits per heavy atom. The van der Waals surface area contributed by atoms with Crippen molar-refractivity contribution in [1.29, 1.82) is 0 Å². The van der Waals surface area contributed by atoms with E-state index >= 15 is 0 Å². The molecule has 3 atom stereocenters. The van der Waals surface area contributed by atoms with Crippen molar-refractivity contribution in [2.24, 2.45) is 23.7 Å². The Kier molecular flexibility index (Phi) is 5.46. The molecule has 2 nitrogen and oxygen atoms in total. The second kappa shape index (κ2) is 6.19. The zero-order chi connectivity index (χ0) is 13.1. The first-order chi connectivity index (χ1) is 7.85. The average Bonchev–Trinajstić information content (AvgIpc) is 2.15. The topological polar surface area (TPSA) is 32.3 Å². The summed E-state index contributed by atoms with van der Waals surface area (Å²) in [5.74, 6) is 2.35. The maximum absolute atomic E-state index is 10.9. The largest absolute Gasteiger partial charge is 0.388 e. The van der Waals surface area contributed by atoms with Gasteiger partial charge in [0.25, 0.3) is 0 Å². The van der Waals surface area contributed by atoms with Gasteiger partial charge in [-0.2, -0.15) is 0 Å². The number of aliphatic hydroxyl groups is 1. The summed E-state index contributed by atoms with van der Waals surface area (Å²) in [6, 6.07) is 0. The molecule has 0 aromatic rings. The predicted molar refractivity (Wildman–Crippen MR) is 74.0 cm³/mol. The van der Waals surface area contributed by atoms with Crippen LogP contribution in [0.4, 0.5) is 0 Å². The number of nitrogens with one attached hydrogen (secondary N) is 1. The van der Waals surface area contributed by atoms with E-state index in [0.717, 1.165) is 19.5 Å². The molecule has 2 N–H and O–H groups in total. The second-order valence-corrected chi connectivity index (χ2v) is 6.87. The van der Waals surface area contributed by atoms with Crippen molar-refractivity contribution in [3.63, 3.8) is 0 Å². The van der Waals surface area contributed by atoms with Crippen molar-refractivity contribution < 1.29 is 5.11 Å². The molecule has 17 heavy (non-hydrogen) atoms. The van der Waals surface area contributed by atoms with Crippen LogP contribution in [0.5, 0.6) is 0 Å². The normalized spacial score (nSPS) is 34.6. The third kappa shape index (κ3) is 4.26. The van der Waals surface area contributed by atoms with Crippen molar-refractivity contribution in [3.8, 4) is 0 Å². The minimum absolute atomic E-state index is 0.457. The smallest absolute Gasteiger partial charge is 0.0804 e. The summed E-state index contributed by atoms with van der Waals surface area (Å²) in [7, 11) is 0. The molecule has 0 spiro atoms. The molecule has 1 aliphatic carbocycles. The van der Waals surface area contributed by atoms with Gasteiger partial charge in [0.1, 0.15) is 0 Å². The molecule has 2 heteroatoms. The van der Waals surface area contributed by atoms with E-state index in [-0.39, 0.29) is 0 Å². The molecule has 0 heterocycles. The van der Waals surface area contributed by atoms with Gasteiger partial charge in [-0.15, -0.1) is 0 Å². The molecule has 1 saturated carbocycles. The molecule has 3 unspecified atom stereocenters. The molecule has 1 aliphatic rings. The summed E-state index contributed by atoms with van der Waals surface area (Å²) in [5, 5.41) is 14.4. The number of rotatable bonds is 5. The highest BCUT2D eigenvalue weighted by Crippen LogP contribution is 2.40. The molecule has 0 bridgehead atoms. The molecule has 102 valence electrons.